The molecule has 88 valence electrons. The average molecular weight is 335 g/mol. The van der Waals surface area contributed by atoms with Crippen molar-refractivity contribution in [3.63, 3.8) is 0 Å². The summed E-state index contributed by atoms with van der Waals surface area (Å²) in [4.78, 5) is 11.9. The summed E-state index contributed by atoms with van der Waals surface area (Å²) in [7, 11) is 0. The summed E-state index contributed by atoms with van der Waals surface area (Å²) >= 11 is 2.25. The van der Waals surface area contributed by atoms with Crippen LogP contribution in [0.15, 0.2) is 0 Å². The van der Waals surface area contributed by atoms with E-state index in [4.69, 9.17) is 5.11 Å². The number of rotatable bonds is 0. The number of carboxylic acid groups (broad SMARTS) is 1. The zero-order chi connectivity index (χ0) is 11.8. The summed E-state index contributed by atoms with van der Waals surface area (Å²) in [5, 5.41) is 18.8. The van der Waals surface area contributed by atoms with Gasteiger partial charge in [-0.15, -0.1) is 0 Å². The number of hydrogen-bond acceptors (Lipinski definition) is 2. The lowest BCUT2D eigenvalue weighted by atomic mass is 9.97. The first-order valence-corrected chi connectivity index (χ1v) is 6.63. The van der Waals surface area contributed by atoms with Crippen LogP contribution in [0.5, 0.6) is 0 Å². The van der Waals surface area contributed by atoms with Crippen LogP contribution in [0.4, 0.5) is 4.79 Å². The van der Waals surface area contributed by atoms with Crippen molar-refractivity contribution >= 4 is 28.7 Å². The fraction of sp³-hybridized carbons (Fsp3) is 0.727. The number of halogens is 1. The van der Waals surface area contributed by atoms with E-state index in [-0.39, 0.29) is 9.84 Å². The molecule has 2 atom stereocenters. The van der Waals surface area contributed by atoms with Crippen LogP contribution in [-0.4, -0.2) is 43.8 Å². The fourth-order valence-electron chi connectivity index (χ4n) is 2.04. The molecule has 0 aromatic heterocycles. The van der Waals surface area contributed by atoms with Gasteiger partial charge in [0.15, 0.2) is 0 Å². The summed E-state index contributed by atoms with van der Waals surface area (Å²) in [6, 6.07) is 0. The first kappa shape index (κ1) is 12.0. The minimum absolute atomic E-state index is 0.101. The Balaban J connectivity index is 1.89. The smallest absolute Gasteiger partial charge is 0.407 e. The summed E-state index contributed by atoms with van der Waals surface area (Å²) in [6.45, 7) is 0.953. The van der Waals surface area contributed by atoms with Crippen molar-refractivity contribution in [3.8, 4) is 11.8 Å². The number of carbonyl (C=O) groups is 1. The van der Waals surface area contributed by atoms with Crippen LogP contribution >= 0.6 is 22.6 Å². The van der Waals surface area contributed by atoms with Crippen molar-refractivity contribution in [1.82, 2.24) is 4.90 Å². The predicted octanol–water partition coefficient (Wildman–Crippen LogP) is 1.32. The van der Waals surface area contributed by atoms with Crippen LogP contribution < -0.4 is 0 Å². The van der Waals surface area contributed by atoms with Crippen LogP contribution in [0, 0.1) is 17.8 Å². The second-order valence-corrected chi connectivity index (χ2v) is 5.94. The Morgan fingerprint density at radius 2 is 2.19 bits per heavy atom. The van der Waals surface area contributed by atoms with Gasteiger partial charge in [0.05, 0.1) is 9.84 Å². The molecule has 1 saturated heterocycles. The molecule has 2 unspecified atom stereocenters. The maximum absolute atomic E-state index is 10.5. The number of aliphatic hydroxyl groups is 1. The van der Waals surface area contributed by atoms with Crippen molar-refractivity contribution in [3.05, 3.63) is 0 Å². The molecular weight excluding hydrogens is 321 g/mol. The van der Waals surface area contributed by atoms with Gasteiger partial charge in [-0.05, 0) is 19.3 Å². The monoisotopic (exact) mass is 335 g/mol. The molecule has 0 radical (unpaired) electrons. The van der Waals surface area contributed by atoms with Gasteiger partial charge in [-0.25, -0.2) is 4.79 Å². The van der Waals surface area contributed by atoms with E-state index in [1.165, 1.54) is 4.90 Å². The molecule has 0 aromatic carbocycles. The third-order valence-corrected chi connectivity index (χ3v) is 4.83. The minimum Gasteiger partial charge on any atom is -0.465 e. The summed E-state index contributed by atoms with van der Waals surface area (Å²) in [6.07, 6.45) is 1.88. The lowest BCUT2D eigenvalue weighted by molar-refractivity contribution is 0.0986. The fourth-order valence-corrected chi connectivity index (χ4v) is 2.95. The van der Waals surface area contributed by atoms with E-state index in [0.29, 0.717) is 13.1 Å². The number of likely N-dealkylation sites (tertiary alicyclic amines) is 1. The summed E-state index contributed by atoms with van der Waals surface area (Å²) in [5.74, 6) is 6.06. The van der Waals surface area contributed by atoms with Gasteiger partial charge < -0.3 is 15.1 Å². The normalized spacial score (nSPS) is 34.1. The Morgan fingerprint density at radius 3 is 2.69 bits per heavy atom. The molecule has 1 amide bonds. The van der Waals surface area contributed by atoms with Crippen molar-refractivity contribution in [1.29, 1.82) is 0 Å². The van der Waals surface area contributed by atoms with Crippen LogP contribution in [0.3, 0.4) is 0 Å². The minimum atomic E-state index is -0.885. The molecule has 0 bridgehead atoms. The Hall–Kier alpha value is -0.480. The van der Waals surface area contributed by atoms with Gasteiger partial charge in [0.1, 0.15) is 5.60 Å². The molecule has 0 spiro atoms. The van der Waals surface area contributed by atoms with Gasteiger partial charge in [-0.1, -0.05) is 34.4 Å². The largest absolute Gasteiger partial charge is 0.465 e. The van der Waals surface area contributed by atoms with Gasteiger partial charge in [0.2, 0.25) is 0 Å². The quantitative estimate of drug-likeness (QED) is 0.399. The average Bonchev–Trinajstić information content (AvgIpc) is 2.44. The van der Waals surface area contributed by atoms with Crippen LogP contribution in [0.2, 0.25) is 0 Å². The lowest BCUT2D eigenvalue weighted by Gasteiger charge is -2.34. The van der Waals surface area contributed by atoms with E-state index in [0.717, 1.165) is 19.3 Å². The first-order valence-electron chi connectivity index (χ1n) is 5.38. The standard InChI is InChI=1S/C11H14INO3/c12-9-2-1-4-11(9,16)5-3-8-6-13(7-8)10(14)15/h8-9,16H,1-2,4,6-7H2,(H,14,15). The van der Waals surface area contributed by atoms with Crippen molar-refractivity contribution in [2.75, 3.05) is 13.1 Å². The Kier molecular flexibility index (Phi) is 3.31. The molecule has 16 heavy (non-hydrogen) atoms. The topological polar surface area (TPSA) is 60.8 Å². The third kappa shape index (κ3) is 2.28. The van der Waals surface area contributed by atoms with E-state index in [2.05, 4.69) is 34.4 Å². The second kappa shape index (κ2) is 4.41. The summed E-state index contributed by atoms with van der Waals surface area (Å²) in [5.41, 5.74) is -0.843. The molecule has 1 aliphatic carbocycles. The highest BCUT2D eigenvalue weighted by Crippen LogP contribution is 2.35. The van der Waals surface area contributed by atoms with E-state index < -0.39 is 11.7 Å². The molecule has 4 nitrogen and oxygen atoms in total. The molecule has 1 aliphatic heterocycles. The zero-order valence-electron chi connectivity index (χ0n) is 8.82. The third-order valence-electron chi connectivity index (χ3n) is 3.18. The number of amides is 1. The first-order chi connectivity index (χ1) is 7.51. The molecule has 2 fully saturated rings. The van der Waals surface area contributed by atoms with Crippen molar-refractivity contribution in [2.24, 2.45) is 5.92 Å². The van der Waals surface area contributed by atoms with E-state index in [1.807, 2.05) is 0 Å². The zero-order valence-corrected chi connectivity index (χ0v) is 11.0. The van der Waals surface area contributed by atoms with E-state index in [9.17, 15) is 9.90 Å². The van der Waals surface area contributed by atoms with Crippen LogP contribution in [0.25, 0.3) is 0 Å². The maximum Gasteiger partial charge on any atom is 0.407 e. The van der Waals surface area contributed by atoms with E-state index >= 15 is 0 Å². The molecule has 0 aromatic rings. The SMILES string of the molecule is O=C(O)N1CC(C#CC2(O)CCCC2I)C1. The molecule has 2 rings (SSSR count). The highest BCUT2D eigenvalue weighted by Gasteiger charge is 2.38. The predicted molar refractivity (Wildman–Crippen MR) is 67.5 cm³/mol. The Morgan fingerprint density at radius 1 is 1.50 bits per heavy atom. The van der Waals surface area contributed by atoms with Gasteiger partial charge in [-0.2, -0.15) is 0 Å². The van der Waals surface area contributed by atoms with Gasteiger partial charge in [-0.3, -0.25) is 0 Å². The van der Waals surface area contributed by atoms with Gasteiger partial charge >= 0.3 is 6.09 Å². The molecule has 5 heteroatoms. The number of nitrogens with zero attached hydrogens (tertiary/aromatic N) is 1. The molecule has 2 aliphatic rings. The van der Waals surface area contributed by atoms with Crippen molar-refractivity contribution < 1.29 is 15.0 Å². The van der Waals surface area contributed by atoms with Gasteiger partial charge in [0.25, 0.3) is 0 Å². The molecular formula is C11H14INO3. The summed E-state index contributed by atoms with van der Waals surface area (Å²) < 4.78 is 0.202. The molecule has 1 heterocycles. The van der Waals surface area contributed by atoms with Gasteiger partial charge in [0, 0.05) is 13.1 Å². The van der Waals surface area contributed by atoms with Crippen LogP contribution in [0.1, 0.15) is 19.3 Å². The Labute approximate surface area is 108 Å². The van der Waals surface area contributed by atoms with Crippen molar-refractivity contribution in [2.45, 2.75) is 28.8 Å². The lowest BCUT2D eigenvalue weighted by Crippen LogP contribution is -2.49. The Bertz CT molecular complexity index is 356. The second-order valence-electron chi connectivity index (χ2n) is 4.44. The van der Waals surface area contributed by atoms with Crippen LogP contribution in [-0.2, 0) is 0 Å². The maximum atomic E-state index is 10.5. The molecule has 1 saturated carbocycles. The molecule has 2 N–H and O–H groups in total. The number of hydrogen-bond donors (Lipinski definition) is 2. The highest BCUT2D eigenvalue weighted by atomic mass is 127. The van der Waals surface area contributed by atoms with E-state index in [1.54, 1.807) is 0 Å². The highest BCUT2D eigenvalue weighted by molar-refractivity contribution is 14.1. The number of alkyl halides is 1.